The third-order valence-electron chi connectivity index (χ3n) is 2.84. The molecule has 0 fully saturated rings. The Morgan fingerprint density at radius 2 is 2.17 bits per heavy atom. The van der Waals surface area contributed by atoms with E-state index in [1.54, 1.807) is 12.4 Å². The molecule has 96 valence electrons. The van der Waals surface area contributed by atoms with Gasteiger partial charge in [-0.3, -0.25) is 0 Å². The fraction of sp³-hybridized carbons (Fsp3) is 0.308. The van der Waals surface area contributed by atoms with Crippen LogP contribution in [0.5, 0.6) is 0 Å². The maximum Gasteiger partial charge on any atom is 0.131 e. The molecule has 0 aliphatic rings. The summed E-state index contributed by atoms with van der Waals surface area (Å²) in [6, 6.07) is 3.16. The van der Waals surface area contributed by atoms with E-state index >= 15 is 0 Å². The average molecular weight is 252 g/mol. The Kier molecular flexibility index (Phi) is 3.72. The van der Waals surface area contributed by atoms with Crippen molar-refractivity contribution < 1.29 is 13.9 Å². The van der Waals surface area contributed by atoms with Crippen molar-refractivity contribution in [2.24, 2.45) is 0 Å². The van der Waals surface area contributed by atoms with E-state index in [2.05, 4.69) is 4.98 Å². The summed E-state index contributed by atoms with van der Waals surface area (Å²) in [5.74, 6) is -0.718. The summed E-state index contributed by atoms with van der Waals surface area (Å²) in [5.41, 5.74) is 0.0852. The summed E-state index contributed by atoms with van der Waals surface area (Å²) in [6.45, 7) is 2.68. The largest absolute Gasteiger partial charge is 0.388 e. The van der Waals surface area contributed by atoms with Gasteiger partial charge in [0.05, 0.1) is 6.10 Å². The molecule has 0 aliphatic heterocycles. The SMILES string of the molecule is CCn1ccnc1CC(O)c1ccc(F)cc1F. The Morgan fingerprint density at radius 3 is 2.83 bits per heavy atom. The molecule has 3 nitrogen and oxygen atoms in total. The standard InChI is InChI=1S/C13H14F2N2O/c1-2-17-6-5-16-13(17)8-12(18)10-4-3-9(14)7-11(10)15/h3-7,12,18H,2,8H2,1H3. The van der Waals surface area contributed by atoms with E-state index < -0.39 is 17.7 Å². The fourth-order valence-electron chi connectivity index (χ4n) is 1.87. The van der Waals surface area contributed by atoms with Crippen molar-refractivity contribution in [3.05, 3.63) is 53.6 Å². The zero-order chi connectivity index (χ0) is 13.1. The van der Waals surface area contributed by atoms with Gasteiger partial charge in [-0.2, -0.15) is 0 Å². The van der Waals surface area contributed by atoms with Crippen molar-refractivity contribution in [1.29, 1.82) is 0 Å². The van der Waals surface area contributed by atoms with Crippen LogP contribution in [-0.2, 0) is 13.0 Å². The summed E-state index contributed by atoms with van der Waals surface area (Å²) in [6.07, 6.45) is 2.59. The highest BCUT2D eigenvalue weighted by molar-refractivity contribution is 5.21. The van der Waals surface area contributed by atoms with Crippen LogP contribution in [0.3, 0.4) is 0 Å². The Morgan fingerprint density at radius 1 is 1.39 bits per heavy atom. The van der Waals surface area contributed by atoms with Crippen molar-refractivity contribution in [2.45, 2.75) is 26.0 Å². The zero-order valence-electron chi connectivity index (χ0n) is 9.98. The van der Waals surface area contributed by atoms with Crippen LogP contribution in [0.4, 0.5) is 8.78 Å². The number of aliphatic hydroxyl groups excluding tert-OH is 1. The van der Waals surface area contributed by atoms with Gasteiger partial charge in [0.2, 0.25) is 0 Å². The fourth-order valence-corrected chi connectivity index (χ4v) is 1.87. The quantitative estimate of drug-likeness (QED) is 0.907. The number of aryl methyl sites for hydroxylation is 1. The minimum atomic E-state index is -1.03. The van der Waals surface area contributed by atoms with Crippen LogP contribution in [0, 0.1) is 11.6 Å². The van der Waals surface area contributed by atoms with Crippen LogP contribution in [0.25, 0.3) is 0 Å². The smallest absolute Gasteiger partial charge is 0.131 e. The van der Waals surface area contributed by atoms with Gasteiger partial charge < -0.3 is 9.67 Å². The Labute approximate surface area is 104 Å². The van der Waals surface area contributed by atoms with Gasteiger partial charge in [0.1, 0.15) is 17.5 Å². The molecule has 0 bridgehead atoms. The van der Waals surface area contributed by atoms with Crippen LogP contribution in [-0.4, -0.2) is 14.7 Å². The predicted octanol–water partition coefficient (Wildman–Crippen LogP) is 2.46. The van der Waals surface area contributed by atoms with Gasteiger partial charge in [-0.1, -0.05) is 6.07 Å². The van der Waals surface area contributed by atoms with E-state index in [4.69, 9.17) is 0 Å². The molecule has 2 aromatic rings. The number of imidazole rings is 1. The molecular formula is C13H14F2N2O. The highest BCUT2D eigenvalue weighted by Crippen LogP contribution is 2.21. The van der Waals surface area contributed by atoms with Gasteiger partial charge in [0, 0.05) is 37.0 Å². The van der Waals surface area contributed by atoms with Gasteiger partial charge in [-0.05, 0) is 13.0 Å². The Hall–Kier alpha value is -1.75. The summed E-state index contributed by atoms with van der Waals surface area (Å²) >= 11 is 0. The lowest BCUT2D eigenvalue weighted by molar-refractivity contribution is 0.169. The van der Waals surface area contributed by atoms with Crippen LogP contribution >= 0.6 is 0 Å². The number of aliphatic hydroxyl groups is 1. The van der Waals surface area contributed by atoms with Crippen LogP contribution < -0.4 is 0 Å². The van der Waals surface area contributed by atoms with Gasteiger partial charge >= 0.3 is 0 Å². The number of benzene rings is 1. The molecular weight excluding hydrogens is 238 g/mol. The number of hydrogen-bond donors (Lipinski definition) is 1. The van der Waals surface area contributed by atoms with Gasteiger partial charge in [0.15, 0.2) is 0 Å². The Bertz CT molecular complexity index is 540. The number of halogens is 2. The first-order valence-corrected chi connectivity index (χ1v) is 5.74. The van der Waals surface area contributed by atoms with E-state index in [0.29, 0.717) is 5.82 Å². The van der Waals surface area contributed by atoms with E-state index in [0.717, 1.165) is 18.7 Å². The van der Waals surface area contributed by atoms with Crippen molar-refractivity contribution in [1.82, 2.24) is 9.55 Å². The normalized spacial score (nSPS) is 12.7. The van der Waals surface area contributed by atoms with Crippen LogP contribution in [0.1, 0.15) is 24.4 Å². The summed E-state index contributed by atoms with van der Waals surface area (Å²) in [7, 11) is 0. The van der Waals surface area contributed by atoms with E-state index in [9.17, 15) is 13.9 Å². The first kappa shape index (κ1) is 12.7. The van der Waals surface area contributed by atoms with Crippen LogP contribution in [0.2, 0.25) is 0 Å². The number of hydrogen-bond acceptors (Lipinski definition) is 2. The van der Waals surface area contributed by atoms with E-state index in [1.165, 1.54) is 6.07 Å². The minimum Gasteiger partial charge on any atom is -0.388 e. The zero-order valence-corrected chi connectivity index (χ0v) is 9.98. The molecule has 5 heteroatoms. The third-order valence-corrected chi connectivity index (χ3v) is 2.84. The number of nitrogens with zero attached hydrogens (tertiary/aromatic N) is 2. The topological polar surface area (TPSA) is 38.0 Å². The molecule has 0 saturated carbocycles. The minimum absolute atomic E-state index is 0.0852. The third kappa shape index (κ3) is 2.56. The second-order valence-corrected chi connectivity index (χ2v) is 4.02. The predicted molar refractivity (Wildman–Crippen MR) is 62.9 cm³/mol. The van der Waals surface area contributed by atoms with Gasteiger partial charge in [-0.15, -0.1) is 0 Å². The second kappa shape index (κ2) is 5.27. The van der Waals surface area contributed by atoms with Crippen molar-refractivity contribution in [3.8, 4) is 0 Å². The molecule has 0 saturated heterocycles. The first-order valence-electron chi connectivity index (χ1n) is 5.74. The van der Waals surface area contributed by atoms with Gasteiger partial charge in [0.25, 0.3) is 0 Å². The van der Waals surface area contributed by atoms with E-state index in [1.807, 2.05) is 11.5 Å². The molecule has 1 N–H and O–H groups in total. The highest BCUT2D eigenvalue weighted by Gasteiger charge is 2.16. The highest BCUT2D eigenvalue weighted by atomic mass is 19.1. The van der Waals surface area contributed by atoms with E-state index in [-0.39, 0.29) is 12.0 Å². The molecule has 1 aromatic heterocycles. The first-order chi connectivity index (χ1) is 8.61. The lowest BCUT2D eigenvalue weighted by atomic mass is 10.1. The monoisotopic (exact) mass is 252 g/mol. The molecule has 2 rings (SSSR count). The molecule has 1 unspecified atom stereocenters. The Balaban J connectivity index is 2.19. The maximum atomic E-state index is 13.5. The lowest BCUT2D eigenvalue weighted by Gasteiger charge is -2.12. The number of rotatable bonds is 4. The summed E-state index contributed by atoms with van der Waals surface area (Å²) < 4.78 is 28.1. The molecule has 0 amide bonds. The summed E-state index contributed by atoms with van der Waals surface area (Å²) in [4.78, 5) is 4.11. The molecule has 1 atom stereocenters. The number of aromatic nitrogens is 2. The molecule has 0 radical (unpaired) electrons. The second-order valence-electron chi connectivity index (χ2n) is 4.02. The molecule has 1 heterocycles. The van der Waals surface area contributed by atoms with Crippen molar-refractivity contribution in [2.75, 3.05) is 0 Å². The molecule has 0 aliphatic carbocycles. The summed E-state index contributed by atoms with van der Waals surface area (Å²) in [5, 5.41) is 9.97. The average Bonchev–Trinajstić information content (AvgIpc) is 2.76. The molecule has 18 heavy (non-hydrogen) atoms. The van der Waals surface area contributed by atoms with Crippen molar-refractivity contribution in [3.63, 3.8) is 0 Å². The van der Waals surface area contributed by atoms with Crippen LogP contribution in [0.15, 0.2) is 30.6 Å². The molecule has 1 aromatic carbocycles. The van der Waals surface area contributed by atoms with Gasteiger partial charge in [-0.25, -0.2) is 13.8 Å². The maximum absolute atomic E-state index is 13.5. The lowest BCUT2D eigenvalue weighted by Crippen LogP contribution is -2.09. The van der Waals surface area contributed by atoms with Crippen molar-refractivity contribution >= 4 is 0 Å². The molecule has 0 spiro atoms.